The van der Waals surface area contributed by atoms with E-state index in [-0.39, 0.29) is 24.4 Å². The molecule has 98 valence electrons. The smallest absolute Gasteiger partial charge is 0.276 e. The highest BCUT2D eigenvalue weighted by Gasteiger charge is 2.24. The Bertz CT molecular complexity index is 630. The topological polar surface area (TPSA) is 87.6 Å². The van der Waals surface area contributed by atoms with E-state index in [0.717, 1.165) is 5.57 Å². The maximum absolute atomic E-state index is 11.6. The first-order valence-electron chi connectivity index (χ1n) is 6.02. The molecule has 0 radical (unpaired) electrons. The molecule has 0 fully saturated rings. The van der Waals surface area contributed by atoms with Crippen molar-refractivity contribution in [3.8, 4) is 0 Å². The van der Waals surface area contributed by atoms with Crippen molar-refractivity contribution < 1.29 is 9.84 Å². The predicted molar refractivity (Wildman–Crippen MR) is 69.7 cm³/mol. The third-order valence-corrected chi connectivity index (χ3v) is 3.14. The number of hydrogen-bond donors (Lipinski definition) is 2. The van der Waals surface area contributed by atoms with Crippen LogP contribution in [-0.4, -0.2) is 40.1 Å². The molecule has 0 saturated carbocycles. The zero-order chi connectivity index (χ0) is 13.2. The molecule has 2 aliphatic heterocycles. The number of ether oxygens (including phenoxy) is 1. The molecule has 0 saturated heterocycles. The van der Waals surface area contributed by atoms with E-state index in [0.29, 0.717) is 17.8 Å². The van der Waals surface area contributed by atoms with Crippen LogP contribution in [0.25, 0.3) is 0 Å². The number of fused-ring (bicyclic) bond motifs is 1. The zero-order valence-corrected chi connectivity index (χ0v) is 10.1. The minimum Gasteiger partial charge on any atom is -0.393 e. The number of aromatic nitrogens is 2. The third kappa shape index (κ3) is 2.27. The van der Waals surface area contributed by atoms with Gasteiger partial charge in [0.15, 0.2) is 0 Å². The van der Waals surface area contributed by atoms with Crippen molar-refractivity contribution in [1.82, 2.24) is 9.97 Å². The number of aliphatic hydroxyl groups excluding tert-OH is 1. The molecule has 2 aliphatic rings. The molecule has 0 amide bonds. The van der Waals surface area contributed by atoms with Crippen molar-refractivity contribution >= 4 is 11.9 Å². The van der Waals surface area contributed by atoms with Crippen LogP contribution in [0.15, 0.2) is 39.9 Å². The molecule has 1 aromatic rings. The largest absolute Gasteiger partial charge is 0.393 e. The molecule has 2 unspecified atom stereocenters. The second kappa shape index (κ2) is 4.91. The first-order chi connectivity index (χ1) is 9.28. The molecule has 0 spiro atoms. The summed E-state index contributed by atoms with van der Waals surface area (Å²) >= 11 is 0. The van der Waals surface area contributed by atoms with Crippen LogP contribution in [0.1, 0.15) is 5.69 Å². The van der Waals surface area contributed by atoms with Crippen molar-refractivity contribution in [1.29, 1.82) is 0 Å². The number of H-pyrrole nitrogens is 1. The summed E-state index contributed by atoms with van der Waals surface area (Å²) in [7, 11) is 0. The van der Waals surface area contributed by atoms with Gasteiger partial charge in [-0.05, 0) is 11.6 Å². The van der Waals surface area contributed by atoms with Gasteiger partial charge >= 0.3 is 0 Å². The van der Waals surface area contributed by atoms with Crippen molar-refractivity contribution in [3.63, 3.8) is 0 Å². The van der Waals surface area contributed by atoms with Gasteiger partial charge in [0.25, 0.3) is 5.56 Å². The number of nitrogens with one attached hydrogen (secondary N) is 1. The Kier molecular flexibility index (Phi) is 3.10. The molecule has 6 heteroatoms. The Morgan fingerprint density at radius 1 is 1.47 bits per heavy atom. The van der Waals surface area contributed by atoms with Gasteiger partial charge in [-0.25, -0.2) is 9.98 Å². The molecular formula is C13H13N3O3. The number of rotatable bonds is 2. The SMILES string of the molecule is O=c1[nH]cnc2c1N=CC=C(C1C=CC(CO)O1)C2. The maximum atomic E-state index is 11.6. The van der Waals surface area contributed by atoms with Gasteiger partial charge in [0.1, 0.15) is 5.69 Å². The number of aliphatic imine (C=N–C) groups is 1. The molecule has 0 bridgehead atoms. The highest BCUT2D eigenvalue weighted by molar-refractivity contribution is 5.77. The molecule has 19 heavy (non-hydrogen) atoms. The van der Waals surface area contributed by atoms with E-state index < -0.39 is 0 Å². The Hall–Kier alpha value is -2.05. The summed E-state index contributed by atoms with van der Waals surface area (Å²) in [6, 6.07) is 0. The fourth-order valence-corrected chi connectivity index (χ4v) is 2.17. The van der Waals surface area contributed by atoms with Gasteiger partial charge in [-0.1, -0.05) is 12.2 Å². The Balaban J connectivity index is 1.88. The van der Waals surface area contributed by atoms with Gasteiger partial charge in [-0.2, -0.15) is 0 Å². The lowest BCUT2D eigenvalue weighted by Gasteiger charge is -2.15. The lowest BCUT2D eigenvalue weighted by molar-refractivity contribution is 0.0401. The van der Waals surface area contributed by atoms with Crippen molar-refractivity contribution in [3.05, 3.63) is 46.2 Å². The molecule has 2 N–H and O–H groups in total. The maximum Gasteiger partial charge on any atom is 0.276 e. The molecule has 3 heterocycles. The highest BCUT2D eigenvalue weighted by Crippen LogP contribution is 2.24. The number of allylic oxidation sites excluding steroid dienone is 1. The minimum absolute atomic E-state index is 0.0388. The number of nitrogens with zero attached hydrogens (tertiary/aromatic N) is 2. The third-order valence-electron chi connectivity index (χ3n) is 3.14. The Morgan fingerprint density at radius 3 is 3.16 bits per heavy atom. The molecule has 0 aliphatic carbocycles. The summed E-state index contributed by atoms with van der Waals surface area (Å²) in [4.78, 5) is 22.4. The average molecular weight is 259 g/mol. The van der Waals surface area contributed by atoms with E-state index in [9.17, 15) is 4.79 Å². The van der Waals surface area contributed by atoms with Gasteiger partial charge in [-0.15, -0.1) is 0 Å². The number of aliphatic hydroxyl groups is 1. The van der Waals surface area contributed by atoms with E-state index in [1.165, 1.54) is 6.33 Å². The zero-order valence-electron chi connectivity index (χ0n) is 10.1. The summed E-state index contributed by atoms with van der Waals surface area (Å²) < 4.78 is 5.65. The summed E-state index contributed by atoms with van der Waals surface area (Å²) in [5.74, 6) is 0. The fourth-order valence-electron chi connectivity index (χ4n) is 2.17. The lowest BCUT2D eigenvalue weighted by atomic mass is 10.0. The van der Waals surface area contributed by atoms with Crippen LogP contribution in [0.5, 0.6) is 0 Å². The van der Waals surface area contributed by atoms with E-state index in [1.807, 2.05) is 18.2 Å². The van der Waals surface area contributed by atoms with Gasteiger partial charge in [0.2, 0.25) is 0 Å². The molecule has 2 atom stereocenters. The Morgan fingerprint density at radius 2 is 2.37 bits per heavy atom. The van der Waals surface area contributed by atoms with Crippen molar-refractivity contribution in [2.24, 2.45) is 4.99 Å². The van der Waals surface area contributed by atoms with Crippen LogP contribution in [0.3, 0.4) is 0 Å². The quantitative estimate of drug-likeness (QED) is 0.746. The van der Waals surface area contributed by atoms with Crippen LogP contribution < -0.4 is 5.56 Å². The van der Waals surface area contributed by atoms with Gasteiger partial charge in [-0.3, -0.25) is 4.79 Å². The van der Waals surface area contributed by atoms with Gasteiger partial charge in [0, 0.05) is 12.6 Å². The monoisotopic (exact) mass is 259 g/mol. The first kappa shape index (κ1) is 12.0. The van der Waals surface area contributed by atoms with Crippen LogP contribution in [0.2, 0.25) is 0 Å². The lowest BCUT2D eigenvalue weighted by Crippen LogP contribution is -2.19. The van der Waals surface area contributed by atoms with Crippen LogP contribution >= 0.6 is 0 Å². The minimum atomic E-state index is -0.266. The van der Waals surface area contributed by atoms with E-state index in [1.54, 1.807) is 6.21 Å². The highest BCUT2D eigenvalue weighted by atomic mass is 16.5. The molecule has 3 rings (SSSR count). The first-order valence-corrected chi connectivity index (χ1v) is 6.02. The van der Waals surface area contributed by atoms with E-state index in [2.05, 4.69) is 15.0 Å². The second-order valence-corrected chi connectivity index (χ2v) is 4.39. The molecule has 6 nitrogen and oxygen atoms in total. The number of hydrogen-bond acceptors (Lipinski definition) is 5. The summed E-state index contributed by atoms with van der Waals surface area (Å²) in [5, 5.41) is 9.05. The van der Waals surface area contributed by atoms with Crippen LogP contribution in [0, 0.1) is 0 Å². The molecule has 0 aromatic carbocycles. The molecule has 1 aromatic heterocycles. The van der Waals surface area contributed by atoms with E-state index in [4.69, 9.17) is 9.84 Å². The van der Waals surface area contributed by atoms with Crippen LogP contribution in [-0.2, 0) is 11.2 Å². The van der Waals surface area contributed by atoms with Crippen LogP contribution in [0.4, 0.5) is 5.69 Å². The average Bonchev–Trinajstić information content (AvgIpc) is 2.79. The molecular weight excluding hydrogens is 246 g/mol. The summed E-state index contributed by atoms with van der Waals surface area (Å²) in [6.45, 7) is -0.0388. The van der Waals surface area contributed by atoms with Gasteiger partial charge in [0.05, 0.1) is 30.8 Å². The predicted octanol–water partition coefficient (Wildman–Crippen LogP) is 0.271. The standard InChI is InChI=1S/C13H13N3O3/c17-6-9-1-2-11(19-9)8-3-4-14-12-10(5-8)15-7-16-13(12)18/h1-4,7,9,11,17H,5-6H2,(H,15,16,18). The van der Waals surface area contributed by atoms with Gasteiger partial charge < -0.3 is 14.8 Å². The number of aromatic amines is 1. The normalized spacial score (nSPS) is 25.0. The second-order valence-electron chi connectivity index (χ2n) is 4.39. The summed E-state index contributed by atoms with van der Waals surface area (Å²) in [6.07, 6.45) is 8.57. The van der Waals surface area contributed by atoms with Crippen molar-refractivity contribution in [2.75, 3.05) is 6.61 Å². The fraction of sp³-hybridized carbons (Fsp3) is 0.308. The van der Waals surface area contributed by atoms with Crippen molar-refractivity contribution in [2.45, 2.75) is 18.6 Å². The summed E-state index contributed by atoms with van der Waals surface area (Å²) in [5.41, 5.74) is 1.70. The Labute approximate surface area is 109 Å². The van der Waals surface area contributed by atoms with E-state index >= 15 is 0 Å².